The summed E-state index contributed by atoms with van der Waals surface area (Å²) in [6.07, 6.45) is 14.6. The molecular formula is C12H22O. The van der Waals surface area contributed by atoms with E-state index in [1.54, 1.807) is 0 Å². The van der Waals surface area contributed by atoms with E-state index in [-0.39, 0.29) is 0 Å². The summed E-state index contributed by atoms with van der Waals surface area (Å²) in [5, 5.41) is 9.45. The van der Waals surface area contributed by atoms with E-state index < -0.39 is 0 Å². The third kappa shape index (κ3) is 5.73. The van der Waals surface area contributed by atoms with Crippen LogP contribution < -0.4 is 0 Å². The minimum atomic E-state index is 0.626. The molecule has 0 aliphatic heterocycles. The predicted octanol–water partition coefficient (Wildman–Crippen LogP) is 4.34. The number of aliphatic hydroxyl groups is 1. The Hall–Kier alpha value is -0.460. The molecule has 0 unspecified atom stereocenters. The van der Waals surface area contributed by atoms with Crippen LogP contribution in [0.25, 0.3) is 0 Å². The molecule has 0 aromatic rings. The maximum absolute atomic E-state index is 9.45. The largest absolute Gasteiger partial charge is 0.513 e. The Morgan fingerprint density at radius 3 is 2.00 bits per heavy atom. The molecule has 0 radical (unpaired) electrons. The quantitative estimate of drug-likeness (QED) is 0.590. The SMILES string of the molecule is O/C1=C\CCCCCCCCCC1. The fraction of sp³-hybridized carbons (Fsp3) is 0.833. The van der Waals surface area contributed by atoms with Crippen molar-refractivity contribution in [2.24, 2.45) is 0 Å². The van der Waals surface area contributed by atoms with Crippen LogP contribution >= 0.6 is 0 Å². The maximum atomic E-state index is 9.45. The van der Waals surface area contributed by atoms with Gasteiger partial charge in [0.25, 0.3) is 0 Å². The van der Waals surface area contributed by atoms with E-state index in [0.29, 0.717) is 5.76 Å². The second-order valence-electron chi connectivity index (χ2n) is 4.06. The Bertz CT molecular complexity index is 149. The highest BCUT2D eigenvalue weighted by atomic mass is 16.3. The molecule has 1 nitrogen and oxygen atoms in total. The number of hydrogen-bond donors (Lipinski definition) is 1. The summed E-state index contributed by atoms with van der Waals surface area (Å²) in [4.78, 5) is 0. The lowest BCUT2D eigenvalue weighted by Gasteiger charge is -2.04. The van der Waals surface area contributed by atoms with Crippen LogP contribution in [0.5, 0.6) is 0 Å². The zero-order valence-corrected chi connectivity index (χ0v) is 8.60. The predicted molar refractivity (Wildman–Crippen MR) is 56.9 cm³/mol. The van der Waals surface area contributed by atoms with Gasteiger partial charge >= 0.3 is 0 Å². The third-order valence-corrected chi connectivity index (χ3v) is 2.77. The number of aliphatic hydroxyl groups excluding tert-OH is 1. The Kier molecular flexibility index (Phi) is 5.71. The molecule has 0 amide bonds. The van der Waals surface area contributed by atoms with E-state index in [0.717, 1.165) is 12.8 Å². The van der Waals surface area contributed by atoms with Gasteiger partial charge in [0.1, 0.15) is 0 Å². The van der Waals surface area contributed by atoms with Crippen molar-refractivity contribution >= 4 is 0 Å². The topological polar surface area (TPSA) is 20.2 Å². The monoisotopic (exact) mass is 182 g/mol. The van der Waals surface area contributed by atoms with Crippen LogP contribution in [-0.2, 0) is 0 Å². The molecule has 0 aromatic carbocycles. The number of hydrogen-bond acceptors (Lipinski definition) is 1. The first kappa shape index (κ1) is 10.6. The van der Waals surface area contributed by atoms with E-state index in [2.05, 4.69) is 0 Å². The van der Waals surface area contributed by atoms with E-state index >= 15 is 0 Å². The van der Waals surface area contributed by atoms with Crippen LogP contribution in [0.15, 0.2) is 11.8 Å². The highest BCUT2D eigenvalue weighted by Crippen LogP contribution is 2.15. The van der Waals surface area contributed by atoms with Gasteiger partial charge in [-0.3, -0.25) is 0 Å². The fourth-order valence-electron chi connectivity index (χ4n) is 1.88. The van der Waals surface area contributed by atoms with Gasteiger partial charge in [0.15, 0.2) is 0 Å². The molecule has 1 aliphatic carbocycles. The number of allylic oxidation sites excluding steroid dienone is 2. The number of rotatable bonds is 0. The van der Waals surface area contributed by atoms with E-state index in [1.807, 2.05) is 6.08 Å². The first-order valence-electron chi connectivity index (χ1n) is 5.77. The average Bonchev–Trinajstić information content (AvgIpc) is 2.11. The Balaban J connectivity index is 2.23. The van der Waals surface area contributed by atoms with Gasteiger partial charge in [-0.25, -0.2) is 0 Å². The van der Waals surface area contributed by atoms with Crippen molar-refractivity contribution in [3.63, 3.8) is 0 Å². The fourth-order valence-corrected chi connectivity index (χ4v) is 1.88. The second kappa shape index (κ2) is 6.99. The summed E-state index contributed by atoms with van der Waals surface area (Å²) >= 11 is 0. The zero-order chi connectivity index (χ0) is 9.36. The molecule has 1 rings (SSSR count). The molecule has 1 N–H and O–H groups in total. The van der Waals surface area contributed by atoms with Crippen LogP contribution in [-0.4, -0.2) is 5.11 Å². The van der Waals surface area contributed by atoms with Crippen molar-refractivity contribution < 1.29 is 5.11 Å². The molecule has 1 heteroatoms. The van der Waals surface area contributed by atoms with Gasteiger partial charge in [-0.2, -0.15) is 0 Å². The van der Waals surface area contributed by atoms with Crippen LogP contribution in [0, 0.1) is 0 Å². The van der Waals surface area contributed by atoms with Crippen LogP contribution in [0.3, 0.4) is 0 Å². The highest BCUT2D eigenvalue weighted by Gasteiger charge is 1.97. The third-order valence-electron chi connectivity index (χ3n) is 2.77. The molecule has 0 fully saturated rings. The van der Waals surface area contributed by atoms with Gasteiger partial charge in [-0.1, -0.05) is 38.5 Å². The molecule has 1 aliphatic rings. The summed E-state index contributed by atoms with van der Waals surface area (Å²) in [6.45, 7) is 0. The van der Waals surface area contributed by atoms with E-state index in [4.69, 9.17) is 0 Å². The second-order valence-corrected chi connectivity index (χ2v) is 4.06. The molecule has 0 heterocycles. The van der Waals surface area contributed by atoms with E-state index in [1.165, 1.54) is 51.4 Å². The molecule has 13 heavy (non-hydrogen) atoms. The van der Waals surface area contributed by atoms with Gasteiger partial charge in [0, 0.05) is 6.42 Å². The summed E-state index contributed by atoms with van der Waals surface area (Å²) in [7, 11) is 0. The van der Waals surface area contributed by atoms with Crippen molar-refractivity contribution in [3.05, 3.63) is 11.8 Å². The lowest BCUT2D eigenvalue weighted by molar-refractivity contribution is 0.375. The van der Waals surface area contributed by atoms with Crippen LogP contribution in [0.4, 0.5) is 0 Å². The molecule has 0 saturated carbocycles. The first-order valence-corrected chi connectivity index (χ1v) is 5.77. The summed E-state index contributed by atoms with van der Waals surface area (Å²) in [5.74, 6) is 0.626. The van der Waals surface area contributed by atoms with Crippen molar-refractivity contribution in [2.75, 3.05) is 0 Å². The smallest absolute Gasteiger partial charge is 0.0882 e. The van der Waals surface area contributed by atoms with Crippen LogP contribution in [0.2, 0.25) is 0 Å². The van der Waals surface area contributed by atoms with E-state index in [9.17, 15) is 5.11 Å². The lowest BCUT2D eigenvalue weighted by Crippen LogP contribution is -1.87. The maximum Gasteiger partial charge on any atom is 0.0882 e. The Morgan fingerprint density at radius 2 is 1.31 bits per heavy atom. The minimum Gasteiger partial charge on any atom is -0.513 e. The molecule has 0 spiro atoms. The summed E-state index contributed by atoms with van der Waals surface area (Å²) in [6, 6.07) is 0. The van der Waals surface area contributed by atoms with Gasteiger partial charge in [0.05, 0.1) is 5.76 Å². The van der Waals surface area contributed by atoms with Gasteiger partial charge in [-0.15, -0.1) is 0 Å². The normalized spacial score (nSPS) is 26.6. The van der Waals surface area contributed by atoms with Crippen molar-refractivity contribution in [3.8, 4) is 0 Å². The Morgan fingerprint density at radius 1 is 0.769 bits per heavy atom. The zero-order valence-electron chi connectivity index (χ0n) is 8.60. The van der Waals surface area contributed by atoms with Gasteiger partial charge in [-0.05, 0) is 25.3 Å². The molecule has 76 valence electrons. The van der Waals surface area contributed by atoms with Crippen LogP contribution in [0.1, 0.15) is 64.2 Å². The average molecular weight is 182 g/mol. The summed E-state index contributed by atoms with van der Waals surface area (Å²) in [5.41, 5.74) is 0. The molecular weight excluding hydrogens is 160 g/mol. The molecule has 0 bridgehead atoms. The molecule has 0 aromatic heterocycles. The standard InChI is InChI=1S/C12H22O/c13-12-10-8-6-4-2-1-3-5-7-9-11-12/h10,13H,1-9,11H2/b12-10-. The molecule has 0 atom stereocenters. The van der Waals surface area contributed by atoms with Gasteiger partial charge < -0.3 is 5.11 Å². The molecule has 0 saturated heterocycles. The van der Waals surface area contributed by atoms with Crippen molar-refractivity contribution in [2.45, 2.75) is 64.2 Å². The van der Waals surface area contributed by atoms with Crippen molar-refractivity contribution in [1.29, 1.82) is 0 Å². The summed E-state index contributed by atoms with van der Waals surface area (Å²) < 4.78 is 0. The Labute approximate surface area is 81.9 Å². The van der Waals surface area contributed by atoms with Gasteiger partial charge in [0.2, 0.25) is 0 Å². The highest BCUT2D eigenvalue weighted by molar-refractivity contribution is 4.90. The first-order chi connectivity index (χ1) is 6.39. The minimum absolute atomic E-state index is 0.626. The lowest BCUT2D eigenvalue weighted by atomic mass is 10.0. The van der Waals surface area contributed by atoms with Crippen molar-refractivity contribution in [1.82, 2.24) is 0 Å².